The van der Waals surface area contributed by atoms with E-state index in [4.69, 9.17) is 5.73 Å². The SMILES string of the molecule is CC(C)c1ccc2c(c1)c(CCCN1CCNCC1)cn2CCN. The fourth-order valence-corrected chi connectivity index (χ4v) is 3.70. The summed E-state index contributed by atoms with van der Waals surface area (Å²) in [4.78, 5) is 2.58. The van der Waals surface area contributed by atoms with E-state index in [0.29, 0.717) is 12.5 Å². The van der Waals surface area contributed by atoms with E-state index in [-0.39, 0.29) is 0 Å². The summed E-state index contributed by atoms with van der Waals surface area (Å²) < 4.78 is 2.33. The van der Waals surface area contributed by atoms with Gasteiger partial charge >= 0.3 is 0 Å². The number of fused-ring (bicyclic) bond motifs is 1. The van der Waals surface area contributed by atoms with Crippen LogP contribution in [0.15, 0.2) is 24.4 Å². The van der Waals surface area contributed by atoms with Gasteiger partial charge in [0.2, 0.25) is 0 Å². The average Bonchev–Trinajstić information content (AvgIpc) is 2.93. The molecule has 1 saturated heterocycles. The zero-order valence-electron chi connectivity index (χ0n) is 15.2. The molecule has 0 saturated carbocycles. The first kappa shape index (κ1) is 17.5. The van der Waals surface area contributed by atoms with Gasteiger partial charge in [-0.25, -0.2) is 0 Å². The van der Waals surface area contributed by atoms with Crippen LogP contribution >= 0.6 is 0 Å². The monoisotopic (exact) mass is 328 g/mol. The number of piperazine rings is 1. The van der Waals surface area contributed by atoms with E-state index in [1.54, 1.807) is 0 Å². The lowest BCUT2D eigenvalue weighted by molar-refractivity contribution is 0.238. The Bertz CT molecular complexity index is 653. The van der Waals surface area contributed by atoms with Gasteiger partial charge in [0.05, 0.1) is 0 Å². The average molecular weight is 329 g/mol. The molecule has 2 aromatic rings. The molecule has 1 aliphatic heterocycles. The highest BCUT2D eigenvalue weighted by Crippen LogP contribution is 2.27. The first-order valence-electron chi connectivity index (χ1n) is 9.44. The Kier molecular flexibility index (Phi) is 5.93. The molecule has 1 aliphatic rings. The Morgan fingerprint density at radius 1 is 1.17 bits per heavy atom. The zero-order valence-corrected chi connectivity index (χ0v) is 15.2. The van der Waals surface area contributed by atoms with Crippen LogP contribution in [0.2, 0.25) is 0 Å². The third kappa shape index (κ3) is 4.00. The van der Waals surface area contributed by atoms with Gasteiger partial charge in [0, 0.05) is 56.4 Å². The van der Waals surface area contributed by atoms with Gasteiger partial charge < -0.3 is 20.5 Å². The van der Waals surface area contributed by atoms with Gasteiger partial charge in [-0.3, -0.25) is 0 Å². The molecule has 132 valence electrons. The third-order valence-corrected chi connectivity index (χ3v) is 5.15. The van der Waals surface area contributed by atoms with Crippen LogP contribution in [0.1, 0.15) is 37.3 Å². The predicted molar refractivity (Wildman–Crippen MR) is 103 cm³/mol. The number of aromatic nitrogens is 1. The van der Waals surface area contributed by atoms with Gasteiger partial charge in [-0.2, -0.15) is 0 Å². The van der Waals surface area contributed by atoms with Crippen molar-refractivity contribution in [3.05, 3.63) is 35.5 Å². The normalized spacial score (nSPS) is 16.3. The molecule has 0 spiro atoms. The second-order valence-electron chi connectivity index (χ2n) is 7.26. The number of rotatable bonds is 7. The van der Waals surface area contributed by atoms with E-state index in [1.165, 1.54) is 48.1 Å². The van der Waals surface area contributed by atoms with Crippen molar-refractivity contribution in [3.8, 4) is 0 Å². The quantitative estimate of drug-likeness (QED) is 0.821. The lowest BCUT2D eigenvalue weighted by Crippen LogP contribution is -2.43. The van der Waals surface area contributed by atoms with E-state index < -0.39 is 0 Å². The zero-order chi connectivity index (χ0) is 16.9. The van der Waals surface area contributed by atoms with Crippen molar-refractivity contribution in [1.82, 2.24) is 14.8 Å². The van der Waals surface area contributed by atoms with Crippen molar-refractivity contribution in [2.45, 2.75) is 39.2 Å². The summed E-state index contributed by atoms with van der Waals surface area (Å²) in [7, 11) is 0. The van der Waals surface area contributed by atoms with Crippen LogP contribution in [0.5, 0.6) is 0 Å². The molecule has 3 rings (SSSR count). The van der Waals surface area contributed by atoms with Crippen LogP contribution in [-0.2, 0) is 13.0 Å². The maximum Gasteiger partial charge on any atom is 0.0483 e. The molecule has 2 heterocycles. The number of nitrogens with two attached hydrogens (primary N) is 1. The van der Waals surface area contributed by atoms with E-state index in [0.717, 1.165) is 26.1 Å². The van der Waals surface area contributed by atoms with Gasteiger partial charge in [0.25, 0.3) is 0 Å². The topological polar surface area (TPSA) is 46.2 Å². The predicted octanol–water partition coefficient (Wildman–Crippen LogP) is 2.56. The lowest BCUT2D eigenvalue weighted by atomic mass is 9.99. The second kappa shape index (κ2) is 8.15. The van der Waals surface area contributed by atoms with Crippen molar-refractivity contribution in [1.29, 1.82) is 0 Å². The molecule has 0 unspecified atom stereocenters. The Hall–Kier alpha value is -1.36. The summed E-state index contributed by atoms with van der Waals surface area (Å²) in [5.74, 6) is 0.570. The molecule has 4 heteroatoms. The molecule has 1 aromatic heterocycles. The highest BCUT2D eigenvalue weighted by atomic mass is 15.2. The minimum atomic E-state index is 0.570. The molecule has 4 nitrogen and oxygen atoms in total. The third-order valence-electron chi connectivity index (χ3n) is 5.15. The summed E-state index contributed by atoms with van der Waals surface area (Å²) >= 11 is 0. The first-order valence-corrected chi connectivity index (χ1v) is 9.44. The van der Waals surface area contributed by atoms with Gasteiger partial charge in [-0.05, 0) is 48.6 Å². The Morgan fingerprint density at radius 3 is 2.67 bits per heavy atom. The maximum absolute atomic E-state index is 5.80. The molecule has 24 heavy (non-hydrogen) atoms. The van der Waals surface area contributed by atoms with Gasteiger partial charge in [0.1, 0.15) is 0 Å². The van der Waals surface area contributed by atoms with Crippen molar-refractivity contribution < 1.29 is 0 Å². The van der Waals surface area contributed by atoms with Gasteiger partial charge in [-0.1, -0.05) is 19.9 Å². The van der Waals surface area contributed by atoms with Crippen LogP contribution in [0.4, 0.5) is 0 Å². The summed E-state index contributed by atoms with van der Waals surface area (Å²) in [6.07, 6.45) is 4.71. The fourth-order valence-electron chi connectivity index (χ4n) is 3.70. The van der Waals surface area contributed by atoms with Crippen LogP contribution < -0.4 is 11.1 Å². The Balaban J connectivity index is 1.75. The Labute approximate surface area is 146 Å². The summed E-state index contributed by atoms with van der Waals surface area (Å²) in [5, 5.41) is 4.85. The molecule has 1 fully saturated rings. The van der Waals surface area contributed by atoms with Gasteiger partial charge in [-0.15, -0.1) is 0 Å². The standard InChI is InChI=1S/C20H32N4/c1-16(2)17-5-6-20-19(14-17)18(15-24(20)11-7-21)4-3-10-23-12-8-22-9-13-23/h5-6,14-16,22H,3-4,7-13,21H2,1-2H3. The molecule has 1 aromatic carbocycles. The summed E-state index contributed by atoms with van der Waals surface area (Å²) in [5.41, 5.74) is 10.0. The minimum absolute atomic E-state index is 0.570. The van der Waals surface area contributed by atoms with Crippen molar-refractivity contribution in [3.63, 3.8) is 0 Å². The van der Waals surface area contributed by atoms with Crippen molar-refractivity contribution in [2.24, 2.45) is 5.73 Å². The van der Waals surface area contributed by atoms with E-state index in [1.807, 2.05) is 0 Å². The highest BCUT2D eigenvalue weighted by Gasteiger charge is 2.12. The number of nitrogens with zero attached hydrogens (tertiary/aromatic N) is 2. The van der Waals surface area contributed by atoms with Gasteiger partial charge in [0.15, 0.2) is 0 Å². The molecular weight excluding hydrogens is 296 g/mol. The highest BCUT2D eigenvalue weighted by molar-refractivity contribution is 5.85. The molecular formula is C20H32N4. The molecule has 0 aliphatic carbocycles. The molecule has 0 radical (unpaired) electrons. The summed E-state index contributed by atoms with van der Waals surface area (Å²) in [6.45, 7) is 12.0. The van der Waals surface area contributed by atoms with E-state index >= 15 is 0 Å². The fraction of sp³-hybridized carbons (Fsp3) is 0.600. The molecule has 0 atom stereocenters. The molecule has 3 N–H and O–H groups in total. The van der Waals surface area contributed by atoms with Crippen molar-refractivity contribution in [2.75, 3.05) is 39.3 Å². The lowest BCUT2D eigenvalue weighted by Gasteiger charge is -2.27. The molecule has 0 bridgehead atoms. The number of aryl methyl sites for hydroxylation is 1. The van der Waals surface area contributed by atoms with Crippen molar-refractivity contribution >= 4 is 10.9 Å². The first-order chi connectivity index (χ1) is 11.7. The second-order valence-corrected chi connectivity index (χ2v) is 7.26. The van der Waals surface area contributed by atoms with Crippen LogP contribution in [-0.4, -0.2) is 48.7 Å². The largest absolute Gasteiger partial charge is 0.346 e. The number of hydrogen-bond acceptors (Lipinski definition) is 3. The van der Waals surface area contributed by atoms with Crippen LogP contribution in [0, 0.1) is 0 Å². The Morgan fingerprint density at radius 2 is 1.96 bits per heavy atom. The minimum Gasteiger partial charge on any atom is -0.346 e. The number of hydrogen-bond donors (Lipinski definition) is 2. The number of nitrogens with one attached hydrogen (secondary N) is 1. The summed E-state index contributed by atoms with van der Waals surface area (Å²) in [6, 6.07) is 6.94. The molecule has 0 amide bonds. The smallest absolute Gasteiger partial charge is 0.0483 e. The van der Waals surface area contributed by atoms with Crippen LogP contribution in [0.3, 0.4) is 0 Å². The van der Waals surface area contributed by atoms with E-state index in [2.05, 4.69) is 53.0 Å². The van der Waals surface area contributed by atoms with E-state index in [9.17, 15) is 0 Å². The number of benzene rings is 1. The van der Waals surface area contributed by atoms with Crippen LogP contribution in [0.25, 0.3) is 10.9 Å². The maximum atomic E-state index is 5.80.